The van der Waals surface area contributed by atoms with Crippen molar-refractivity contribution in [3.63, 3.8) is 0 Å². The second-order valence-corrected chi connectivity index (χ2v) is 6.46. The van der Waals surface area contributed by atoms with Crippen molar-refractivity contribution in [2.24, 2.45) is 4.99 Å². The summed E-state index contributed by atoms with van der Waals surface area (Å²) in [5.41, 5.74) is 1.11. The van der Waals surface area contributed by atoms with Gasteiger partial charge in [-0.3, -0.25) is 4.79 Å². The Kier molecular flexibility index (Phi) is 5.46. The number of hydrogen-bond acceptors (Lipinski definition) is 7. The molecule has 1 amide bonds. The van der Waals surface area contributed by atoms with E-state index in [1.807, 2.05) is 0 Å². The molecule has 1 aliphatic heterocycles. The highest BCUT2D eigenvalue weighted by Gasteiger charge is 2.24. The number of nitrogens with zero attached hydrogens (tertiary/aromatic N) is 1. The van der Waals surface area contributed by atoms with Gasteiger partial charge in [-0.25, -0.2) is 4.99 Å². The molecule has 3 rings (SSSR count). The molecule has 1 saturated heterocycles. The van der Waals surface area contributed by atoms with E-state index in [1.165, 1.54) is 12.1 Å². The van der Waals surface area contributed by atoms with Crippen LogP contribution >= 0.6 is 11.8 Å². The van der Waals surface area contributed by atoms with Gasteiger partial charge in [0.15, 0.2) is 5.17 Å². The third-order valence-electron chi connectivity index (χ3n) is 3.69. The third kappa shape index (κ3) is 4.29. The van der Waals surface area contributed by atoms with Crippen LogP contribution in [0.4, 0.5) is 5.69 Å². The Labute approximate surface area is 159 Å². The molecule has 0 spiro atoms. The average Bonchev–Trinajstić information content (AvgIpc) is 3.00. The van der Waals surface area contributed by atoms with E-state index in [1.54, 1.807) is 50.6 Å². The van der Waals surface area contributed by atoms with Crippen LogP contribution in [0.5, 0.6) is 11.5 Å². The number of amidine groups is 1. The van der Waals surface area contributed by atoms with E-state index >= 15 is 0 Å². The molecule has 8 heteroatoms. The minimum absolute atomic E-state index is 0.0167. The highest BCUT2D eigenvalue weighted by Crippen LogP contribution is 2.32. The second-order valence-electron chi connectivity index (χ2n) is 5.43. The number of carbonyl (C=O) groups is 2. The van der Waals surface area contributed by atoms with E-state index in [2.05, 4.69) is 10.3 Å². The minimum Gasteiger partial charge on any atom is -0.545 e. The SMILES string of the molecule is COc1ccc(OC)c(/C=C2\SC(=Nc3cccc(C(=O)[O-])c3)NC2=O)c1. The van der Waals surface area contributed by atoms with E-state index in [0.717, 1.165) is 11.8 Å². The number of benzene rings is 2. The Bertz CT molecular complexity index is 968. The number of aromatic carboxylic acids is 1. The van der Waals surface area contributed by atoms with Gasteiger partial charge >= 0.3 is 0 Å². The minimum atomic E-state index is -1.29. The van der Waals surface area contributed by atoms with Gasteiger partial charge in [-0.15, -0.1) is 0 Å². The first-order valence-corrected chi connectivity index (χ1v) is 8.65. The summed E-state index contributed by atoms with van der Waals surface area (Å²) in [5, 5.41) is 14.0. The first-order chi connectivity index (χ1) is 13.0. The van der Waals surface area contributed by atoms with Crippen molar-refractivity contribution in [3.05, 3.63) is 58.5 Å². The number of nitrogens with one attached hydrogen (secondary N) is 1. The molecule has 27 heavy (non-hydrogen) atoms. The van der Waals surface area contributed by atoms with Crippen molar-refractivity contribution < 1.29 is 24.2 Å². The van der Waals surface area contributed by atoms with Crippen LogP contribution in [0.1, 0.15) is 15.9 Å². The van der Waals surface area contributed by atoms with Gasteiger partial charge in [-0.1, -0.05) is 12.1 Å². The van der Waals surface area contributed by atoms with Gasteiger partial charge in [-0.2, -0.15) is 0 Å². The fourth-order valence-electron chi connectivity index (χ4n) is 2.39. The molecule has 0 radical (unpaired) electrons. The molecule has 0 atom stereocenters. The molecule has 0 saturated carbocycles. The van der Waals surface area contributed by atoms with Gasteiger partial charge in [0.1, 0.15) is 11.5 Å². The summed E-state index contributed by atoms with van der Waals surface area (Å²) in [6, 6.07) is 11.3. The first kappa shape index (κ1) is 18.5. The fraction of sp³-hybridized carbons (Fsp3) is 0.105. The van der Waals surface area contributed by atoms with Crippen LogP contribution in [0, 0.1) is 0 Å². The summed E-state index contributed by atoms with van der Waals surface area (Å²) in [5.74, 6) is -0.353. The van der Waals surface area contributed by atoms with Crippen LogP contribution in [0.3, 0.4) is 0 Å². The number of carbonyl (C=O) groups excluding carboxylic acids is 2. The molecule has 138 valence electrons. The van der Waals surface area contributed by atoms with Crippen LogP contribution in [-0.2, 0) is 4.79 Å². The molecule has 2 aromatic carbocycles. The molecule has 1 aliphatic rings. The lowest BCUT2D eigenvalue weighted by atomic mass is 10.1. The van der Waals surface area contributed by atoms with Crippen LogP contribution in [-0.4, -0.2) is 31.3 Å². The Morgan fingerprint density at radius 3 is 2.70 bits per heavy atom. The fourth-order valence-corrected chi connectivity index (χ4v) is 3.23. The van der Waals surface area contributed by atoms with Crippen molar-refractivity contribution in [1.82, 2.24) is 5.32 Å². The van der Waals surface area contributed by atoms with Gasteiger partial charge in [-0.05, 0) is 53.7 Å². The summed E-state index contributed by atoms with van der Waals surface area (Å²) in [6.45, 7) is 0. The lowest BCUT2D eigenvalue weighted by molar-refractivity contribution is -0.255. The first-order valence-electron chi connectivity index (χ1n) is 7.83. The number of rotatable bonds is 5. The average molecular weight is 383 g/mol. The maximum atomic E-state index is 12.3. The lowest BCUT2D eigenvalue weighted by Crippen LogP contribution is -2.22. The van der Waals surface area contributed by atoms with Crippen LogP contribution in [0.25, 0.3) is 6.08 Å². The van der Waals surface area contributed by atoms with Gasteiger partial charge in [0, 0.05) is 5.56 Å². The smallest absolute Gasteiger partial charge is 0.264 e. The molecule has 0 aromatic heterocycles. The Balaban J connectivity index is 1.89. The summed E-state index contributed by atoms with van der Waals surface area (Å²) in [6.07, 6.45) is 1.68. The van der Waals surface area contributed by atoms with E-state index in [0.29, 0.717) is 32.8 Å². The molecular formula is C19H15N2O5S-. The Hall–Kier alpha value is -3.26. The number of carboxylic acids is 1. The largest absolute Gasteiger partial charge is 0.545 e. The predicted molar refractivity (Wildman–Crippen MR) is 101 cm³/mol. The Morgan fingerprint density at radius 2 is 2.00 bits per heavy atom. The maximum Gasteiger partial charge on any atom is 0.264 e. The number of ether oxygens (including phenoxy) is 2. The normalized spacial score (nSPS) is 16.4. The molecule has 1 fully saturated rings. The zero-order valence-corrected chi connectivity index (χ0v) is 15.3. The van der Waals surface area contributed by atoms with Crippen molar-refractivity contribution in [3.8, 4) is 11.5 Å². The van der Waals surface area contributed by atoms with E-state index in [4.69, 9.17) is 9.47 Å². The molecule has 0 bridgehead atoms. The number of aliphatic imine (C=N–C) groups is 1. The van der Waals surface area contributed by atoms with Crippen LogP contribution in [0.15, 0.2) is 52.4 Å². The highest BCUT2D eigenvalue weighted by molar-refractivity contribution is 8.18. The van der Waals surface area contributed by atoms with E-state index in [9.17, 15) is 14.7 Å². The zero-order chi connectivity index (χ0) is 19.4. The predicted octanol–water partition coefficient (Wildman–Crippen LogP) is 1.96. The standard InChI is InChI=1S/C19H16N2O5S/c1-25-14-6-7-15(26-2)12(9-14)10-16-17(22)21-19(27-16)20-13-5-3-4-11(8-13)18(23)24/h3-10H,1-2H3,(H,23,24)(H,20,21,22)/p-1/b16-10-. The number of methoxy groups -OCH3 is 2. The zero-order valence-electron chi connectivity index (χ0n) is 14.5. The summed E-state index contributed by atoms with van der Waals surface area (Å²) in [7, 11) is 3.10. The number of amides is 1. The topological polar surface area (TPSA) is 100 Å². The van der Waals surface area contributed by atoms with Crippen molar-refractivity contribution in [2.75, 3.05) is 14.2 Å². The summed E-state index contributed by atoms with van der Waals surface area (Å²) < 4.78 is 10.5. The third-order valence-corrected chi connectivity index (χ3v) is 4.60. The van der Waals surface area contributed by atoms with Crippen molar-refractivity contribution in [2.45, 2.75) is 0 Å². The lowest BCUT2D eigenvalue weighted by Gasteiger charge is -2.07. The van der Waals surface area contributed by atoms with Gasteiger partial charge in [0.2, 0.25) is 0 Å². The second kappa shape index (κ2) is 7.96. The quantitative estimate of drug-likeness (QED) is 0.793. The van der Waals surface area contributed by atoms with E-state index in [-0.39, 0.29) is 11.5 Å². The molecule has 1 N–H and O–H groups in total. The molecule has 2 aromatic rings. The molecular weight excluding hydrogens is 368 g/mol. The maximum absolute atomic E-state index is 12.3. The number of thioether (sulfide) groups is 1. The van der Waals surface area contributed by atoms with Crippen LogP contribution < -0.4 is 19.9 Å². The molecule has 0 aliphatic carbocycles. The van der Waals surface area contributed by atoms with Crippen molar-refractivity contribution >= 4 is 40.6 Å². The molecule has 7 nitrogen and oxygen atoms in total. The molecule has 1 heterocycles. The number of hydrogen-bond donors (Lipinski definition) is 1. The monoisotopic (exact) mass is 383 g/mol. The van der Waals surface area contributed by atoms with Gasteiger partial charge in [0.05, 0.1) is 30.8 Å². The van der Waals surface area contributed by atoms with E-state index < -0.39 is 5.97 Å². The van der Waals surface area contributed by atoms with Gasteiger partial charge in [0.25, 0.3) is 5.91 Å². The Morgan fingerprint density at radius 1 is 1.19 bits per heavy atom. The number of carboxylic acid groups (broad SMARTS) is 1. The molecule has 0 unspecified atom stereocenters. The van der Waals surface area contributed by atoms with Gasteiger partial charge < -0.3 is 24.7 Å². The van der Waals surface area contributed by atoms with Crippen molar-refractivity contribution in [1.29, 1.82) is 0 Å². The summed E-state index contributed by atoms with van der Waals surface area (Å²) in [4.78, 5) is 27.9. The highest BCUT2D eigenvalue weighted by atomic mass is 32.2. The summed E-state index contributed by atoms with van der Waals surface area (Å²) >= 11 is 1.15. The van der Waals surface area contributed by atoms with Crippen LogP contribution in [0.2, 0.25) is 0 Å².